The zero-order valence-electron chi connectivity index (χ0n) is 43.0. The fraction of sp³-hybridized carbons (Fsp3) is 0.830. The number of hydrogen-bond acceptors (Lipinski definition) is 19. The molecule has 25 unspecified atom stereocenters. The largest absolute Gasteiger partial charge is 0.457 e. The highest BCUT2D eigenvalue weighted by Crippen LogP contribution is 2.81. The van der Waals surface area contributed by atoms with Gasteiger partial charge in [0.05, 0.1) is 42.5 Å². The molecular formula is C53H78O19. The van der Waals surface area contributed by atoms with Crippen LogP contribution in [0.5, 0.6) is 0 Å². The first-order chi connectivity index (χ1) is 34.2. The average Bonchev–Trinajstić information content (AvgIpc) is 3.91. The van der Waals surface area contributed by atoms with Gasteiger partial charge in [0.15, 0.2) is 18.9 Å². The number of carbonyl (C=O) groups excluding carboxylic acids is 3. The van der Waals surface area contributed by atoms with Gasteiger partial charge in [-0.1, -0.05) is 45.9 Å². The first kappa shape index (κ1) is 54.1. The summed E-state index contributed by atoms with van der Waals surface area (Å²) in [6.07, 6.45) is -12.0. The molecule has 4 aliphatic heterocycles. The van der Waals surface area contributed by atoms with Crippen LogP contribution in [0.2, 0.25) is 0 Å². The molecule has 0 amide bonds. The third kappa shape index (κ3) is 8.80. The lowest BCUT2D eigenvalue weighted by Gasteiger charge is -2.61. The Bertz CT molecular complexity index is 2100. The molecule has 4 saturated heterocycles. The highest BCUT2D eigenvalue weighted by molar-refractivity contribution is 5.89. The zero-order chi connectivity index (χ0) is 51.8. The van der Waals surface area contributed by atoms with Crippen molar-refractivity contribution in [1.29, 1.82) is 0 Å². The number of Topliss-reactive ketones (excluding diaryl/α,β-unsaturated/α-hetero) is 1. The van der Waals surface area contributed by atoms with E-state index >= 15 is 0 Å². The first-order valence-corrected chi connectivity index (χ1v) is 26.2. The standard InChI is InChI=1S/C53H78O19/c1-10-25(2)46(60)71-45-43(68-47(61)29-14-12-11-13-15-29)44-50(6)19-17-31(22-30(50)16-20-52(44)53(72-52)21-18-32(26(3)55)51(45,53)7)66-35-23-33(62-8)40(27(4)64-35)69-49-39(59)42(63-9)41(28(5)65-49)70-48-38(58)37(57)36(56)34(24-54)67-48/h11-15,25,27-28,30-45,48-49,54,56-59H,10,16-24H2,1-9H3. The molecule has 8 aliphatic rings. The fourth-order valence-corrected chi connectivity index (χ4v) is 14.8. The monoisotopic (exact) mass is 1020 g/mol. The minimum absolute atomic E-state index is 0.00661. The van der Waals surface area contributed by atoms with Crippen molar-refractivity contribution in [2.24, 2.45) is 34.5 Å². The molecule has 0 radical (unpaired) electrons. The summed E-state index contributed by atoms with van der Waals surface area (Å²) in [5.41, 5.74) is -2.41. The Labute approximate surface area is 421 Å². The molecule has 4 saturated carbocycles. The van der Waals surface area contributed by atoms with Gasteiger partial charge < -0.3 is 77.6 Å². The molecule has 5 N–H and O–H groups in total. The van der Waals surface area contributed by atoms with Gasteiger partial charge in [-0.2, -0.15) is 0 Å². The van der Waals surface area contributed by atoms with Crippen LogP contribution in [-0.2, 0) is 61.7 Å². The van der Waals surface area contributed by atoms with E-state index in [9.17, 15) is 39.9 Å². The number of hydrogen-bond donors (Lipinski definition) is 5. The van der Waals surface area contributed by atoms with E-state index in [0.717, 1.165) is 6.42 Å². The summed E-state index contributed by atoms with van der Waals surface area (Å²) in [6.45, 7) is 12.5. The molecule has 1 aromatic rings. The van der Waals surface area contributed by atoms with E-state index in [1.165, 1.54) is 7.11 Å². The quantitative estimate of drug-likeness (QED) is 0.0961. The van der Waals surface area contributed by atoms with Crippen molar-refractivity contribution < 1.29 is 92.0 Å². The molecular weight excluding hydrogens is 941 g/mol. The topological polar surface area (TPSA) is 257 Å². The second kappa shape index (κ2) is 20.7. The van der Waals surface area contributed by atoms with Gasteiger partial charge in [0, 0.05) is 37.9 Å². The van der Waals surface area contributed by atoms with Crippen LogP contribution in [0.25, 0.3) is 0 Å². The second-order valence-electron chi connectivity index (χ2n) is 22.5. The van der Waals surface area contributed by atoms with Gasteiger partial charge in [-0.25, -0.2) is 4.79 Å². The summed E-state index contributed by atoms with van der Waals surface area (Å²) in [4.78, 5) is 41.9. The molecule has 4 heterocycles. The fourth-order valence-electron chi connectivity index (χ4n) is 14.8. The molecule has 4 aliphatic carbocycles. The van der Waals surface area contributed by atoms with E-state index < -0.39 is 145 Å². The van der Waals surface area contributed by atoms with Gasteiger partial charge in [0.1, 0.15) is 78.0 Å². The minimum atomic E-state index is -1.67. The predicted molar refractivity (Wildman–Crippen MR) is 250 cm³/mol. The van der Waals surface area contributed by atoms with Crippen LogP contribution in [0.1, 0.15) is 117 Å². The normalized spacial score (nSPS) is 49.0. The van der Waals surface area contributed by atoms with Crippen molar-refractivity contribution in [3.05, 3.63) is 35.9 Å². The predicted octanol–water partition coefficient (Wildman–Crippen LogP) is 3.14. The molecule has 25 atom stereocenters. The third-order valence-electron chi connectivity index (χ3n) is 18.9. The lowest BCUT2D eigenvalue weighted by Crippen LogP contribution is -2.71. The second-order valence-corrected chi connectivity index (χ2v) is 22.5. The Morgan fingerprint density at radius 1 is 0.764 bits per heavy atom. The van der Waals surface area contributed by atoms with E-state index in [2.05, 4.69) is 6.92 Å². The molecule has 8 fully saturated rings. The van der Waals surface area contributed by atoms with Crippen LogP contribution in [0.4, 0.5) is 0 Å². The molecule has 72 heavy (non-hydrogen) atoms. The Balaban J connectivity index is 0.898. The number of methoxy groups -OCH3 is 2. The van der Waals surface area contributed by atoms with E-state index in [1.807, 2.05) is 33.8 Å². The smallest absolute Gasteiger partial charge is 0.338 e. The van der Waals surface area contributed by atoms with Crippen molar-refractivity contribution in [3.8, 4) is 0 Å². The highest BCUT2D eigenvalue weighted by Gasteiger charge is 2.91. The average molecular weight is 1020 g/mol. The van der Waals surface area contributed by atoms with E-state index in [4.69, 9.17) is 52.1 Å². The number of aliphatic hydroxyl groups excluding tert-OH is 5. The van der Waals surface area contributed by atoms with Gasteiger partial charge in [-0.05, 0) is 95.6 Å². The number of ketones is 1. The SMILES string of the molecule is CCC(C)C(=O)OC1C(OC(=O)c2ccccc2)C2C3(C)CCC(OC4CC(OC)C(OC5OC(C)C(OC6OC(CO)C(O)C(O)C6O)C(OC)C5O)C(C)O4)CC3CCC23OC32CCC(C(C)=O)C12C. The lowest BCUT2D eigenvalue weighted by molar-refractivity contribution is -0.371. The Morgan fingerprint density at radius 2 is 1.46 bits per heavy atom. The molecule has 19 heteroatoms. The van der Waals surface area contributed by atoms with E-state index in [0.29, 0.717) is 56.9 Å². The lowest BCUT2D eigenvalue weighted by atomic mass is 9.43. The molecule has 9 rings (SSSR count). The van der Waals surface area contributed by atoms with E-state index in [-0.39, 0.29) is 29.7 Å². The maximum atomic E-state index is 14.3. The van der Waals surface area contributed by atoms with Crippen LogP contribution >= 0.6 is 0 Å². The van der Waals surface area contributed by atoms with Gasteiger partial charge in [0.25, 0.3) is 0 Å². The van der Waals surface area contributed by atoms with Crippen molar-refractivity contribution >= 4 is 17.7 Å². The summed E-state index contributed by atoms with van der Waals surface area (Å²) >= 11 is 0. The number of epoxide rings is 1. The third-order valence-corrected chi connectivity index (χ3v) is 18.9. The van der Waals surface area contributed by atoms with Crippen molar-refractivity contribution in [1.82, 2.24) is 0 Å². The van der Waals surface area contributed by atoms with E-state index in [1.54, 1.807) is 45.2 Å². The molecule has 19 nitrogen and oxygen atoms in total. The minimum Gasteiger partial charge on any atom is -0.457 e. The number of aliphatic hydroxyl groups is 5. The summed E-state index contributed by atoms with van der Waals surface area (Å²) in [7, 11) is 2.95. The summed E-state index contributed by atoms with van der Waals surface area (Å²) in [5.74, 6) is -2.00. The van der Waals surface area contributed by atoms with Crippen molar-refractivity contribution in [2.75, 3.05) is 20.8 Å². The maximum Gasteiger partial charge on any atom is 0.338 e. The van der Waals surface area contributed by atoms with Crippen molar-refractivity contribution in [2.45, 2.75) is 222 Å². The number of rotatable bonds is 15. The number of benzene rings is 1. The zero-order valence-corrected chi connectivity index (χ0v) is 43.0. The van der Waals surface area contributed by atoms with Gasteiger partial charge in [-0.15, -0.1) is 0 Å². The van der Waals surface area contributed by atoms with Crippen LogP contribution in [0.3, 0.4) is 0 Å². The van der Waals surface area contributed by atoms with Gasteiger partial charge in [-0.3, -0.25) is 9.59 Å². The number of carbonyl (C=O) groups is 3. The number of esters is 2. The first-order valence-electron chi connectivity index (χ1n) is 26.2. The summed E-state index contributed by atoms with van der Waals surface area (Å²) < 4.78 is 69.8. The van der Waals surface area contributed by atoms with Gasteiger partial charge in [0.2, 0.25) is 0 Å². The van der Waals surface area contributed by atoms with Crippen LogP contribution in [0.15, 0.2) is 30.3 Å². The van der Waals surface area contributed by atoms with Crippen LogP contribution in [0, 0.1) is 34.5 Å². The summed E-state index contributed by atoms with van der Waals surface area (Å²) in [5, 5.41) is 52.5. The van der Waals surface area contributed by atoms with Gasteiger partial charge >= 0.3 is 11.9 Å². The maximum absolute atomic E-state index is 14.3. The van der Waals surface area contributed by atoms with Crippen LogP contribution < -0.4 is 0 Å². The Hall–Kier alpha value is -2.73. The molecule has 2 spiro atoms. The summed E-state index contributed by atoms with van der Waals surface area (Å²) in [6, 6.07) is 8.84. The molecule has 0 bridgehead atoms. The molecule has 1 aromatic carbocycles. The molecule has 404 valence electrons. The molecule has 0 aromatic heterocycles. The Morgan fingerprint density at radius 3 is 2.12 bits per heavy atom. The Kier molecular flexibility index (Phi) is 15.5. The number of fused-ring (bicyclic) bond motifs is 2. The number of ether oxygens (including phenoxy) is 11. The van der Waals surface area contributed by atoms with Crippen molar-refractivity contribution in [3.63, 3.8) is 0 Å². The highest BCUT2D eigenvalue weighted by atomic mass is 16.8. The van der Waals surface area contributed by atoms with Crippen LogP contribution in [-0.4, -0.2) is 180 Å².